The van der Waals surface area contributed by atoms with E-state index in [-0.39, 0.29) is 11.1 Å². The highest BCUT2D eigenvalue weighted by Gasteiger charge is 2.16. The van der Waals surface area contributed by atoms with Gasteiger partial charge in [0.25, 0.3) is 5.56 Å². The van der Waals surface area contributed by atoms with Crippen molar-refractivity contribution in [2.24, 2.45) is 0 Å². The van der Waals surface area contributed by atoms with Crippen LogP contribution in [0, 0.1) is 0 Å². The van der Waals surface area contributed by atoms with E-state index < -0.39 is 0 Å². The maximum atomic E-state index is 12.2. The first-order valence-electron chi connectivity index (χ1n) is 5.68. The third kappa shape index (κ3) is 2.76. The second-order valence-corrected chi connectivity index (χ2v) is 5.91. The van der Waals surface area contributed by atoms with Crippen LogP contribution < -0.4 is 10.9 Å². The summed E-state index contributed by atoms with van der Waals surface area (Å²) in [5.41, 5.74) is 1.42. The number of hydrogen-bond donors (Lipinski definition) is 1. The van der Waals surface area contributed by atoms with Gasteiger partial charge >= 0.3 is 0 Å². The number of nitrogens with zero attached hydrogens (tertiary/aromatic N) is 3. The van der Waals surface area contributed by atoms with Crippen LogP contribution in [0.1, 0.15) is 25.6 Å². The Kier molecular flexibility index (Phi) is 3.47. The third-order valence-corrected chi connectivity index (χ3v) is 3.26. The van der Waals surface area contributed by atoms with E-state index in [9.17, 15) is 4.79 Å². The zero-order valence-electron chi connectivity index (χ0n) is 10.7. The average Bonchev–Trinajstić information content (AvgIpc) is 2.79. The molecule has 0 unspecified atom stereocenters. The lowest BCUT2D eigenvalue weighted by atomic mass is 10.1. The lowest BCUT2D eigenvalue weighted by Crippen LogP contribution is -2.35. The molecule has 5 nitrogen and oxygen atoms in total. The van der Waals surface area contributed by atoms with Crippen LogP contribution in [0.25, 0.3) is 0 Å². The van der Waals surface area contributed by atoms with E-state index in [0.29, 0.717) is 12.4 Å². The summed E-state index contributed by atoms with van der Waals surface area (Å²) in [6.45, 7) is 6.53. The SMILES string of the molecule is CC(C)(C)n1ccnc(NCc2cncs2)c1=O. The largest absolute Gasteiger partial charge is 0.361 e. The average molecular weight is 264 g/mol. The number of thiazole rings is 1. The molecular weight excluding hydrogens is 248 g/mol. The van der Waals surface area contributed by atoms with Crippen LogP contribution in [-0.2, 0) is 12.1 Å². The summed E-state index contributed by atoms with van der Waals surface area (Å²) >= 11 is 1.55. The van der Waals surface area contributed by atoms with Crippen molar-refractivity contribution in [3.8, 4) is 0 Å². The molecule has 18 heavy (non-hydrogen) atoms. The van der Waals surface area contributed by atoms with Crippen molar-refractivity contribution < 1.29 is 0 Å². The molecule has 0 amide bonds. The third-order valence-electron chi connectivity index (χ3n) is 2.48. The highest BCUT2D eigenvalue weighted by molar-refractivity contribution is 7.09. The maximum absolute atomic E-state index is 12.2. The molecular formula is C12H16N4OS. The number of hydrogen-bond acceptors (Lipinski definition) is 5. The fourth-order valence-corrected chi connectivity index (χ4v) is 2.10. The Bertz CT molecular complexity index is 569. The van der Waals surface area contributed by atoms with E-state index in [4.69, 9.17) is 0 Å². The van der Waals surface area contributed by atoms with Gasteiger partial charge in [-0.25, -0.2) is 4.98 Å². The molecule has 6 heteroatoms. The van der Waals surface area contributed by atoms with Crippen LogP contribution >= 0.6 is 11.3 Å². The van der Waals surface area contributed by atoms with E-state index in [0.717, 1.165) is 4.88 Å². The van der Waals surface area contributed by atoms with Crippen molar-refractivity contribution in [3.63, 3.8) is 0 Å². The second kappa shape index (κ2) is 4.89. The Morgan fingerprint density at radius 3 is 2.83 bits per heavy atom. The van der Waals surface area contributed by atoms with E-state index in [1.54, 1.807) is 40.0 Å². The minimum absolute atomic E-state index is 0.102. The molecule has 0 fully saturated rings. The molecule has 0 aliphatic heterocycles. The van der Waals surface area contributed by atoms with Crippen LogP contribution in [0.4, 0.5) is 5.82 Å². The maximum Gasteiger partial charge on any atom is 0.293 e. The van der Waals surface area contributed by atoms with Crippen molar-refractivity contribution in [2.75, 3.05) is 5.32 Å². The van der Waals surface area contributed by atoms with Gasteiger partial charge in [0.1, 0.15) is 0 Å². The summed E-state index contributed by atoms with van der Waals surface area (Å²) in [6.07, 6.45) is 5.13. The molecule has 2 rings (SSSR count). The van der Waals surface area contributed by atoms with Crippen LogP contribution in [0.2, 0.25) is 0 Å². The Morgan fingerprint density at radius 1 is 1.44 bits per heavy atom. The lowest BCUT2D eigenvalue weighted by Gasteiger charge is -2.22. The van der Waals surface area contributed by atoms with Crippen LogP contribution in [0.3, 0.4) is 0 Å². The van der Waals surface area contributed by atoms with Gasteiger partial charge < -0.3 is 9.88 Å². The number of anilines is 1. The molecule has 2 heterocycles. The van der Waals surface area contributed by atoms with Gasteiger partial charge in [-0.05, 0) is 20.8 Å². The topological polar surface area (TPSA) is 59.8 Å². The second-order valence-electron chi connectivity index (χ2n) is 4.94. The van der Waals surface area contributed by atoms with Gasteiger partial charge in [-0.15, -0.1) is 11.3 Å². The molecule has 0 saturated carbocycles. The summed E-state index contributed by atoms with van der Waals surface area (Å²) in [7, 11) is 0. The van der Waals surface area contributed by atoms with E-state index >= 15 is 0 Å². The zero-order chi connectivity index (χ0) is 13.2. The molecule has 0 bridgehead atoms. The predicted octanol–water partition coefficient (Wildman–Crippen LogP) is 2.07. The quantitative estimate of drug-likeness (QED) is 0.922. The van der Waals surface area contributed by atoms with Gasteiger partial charge in [0, 0.05) is 29.0 Å². The summed E-state index contributed by atoms with van der Waals surface area (Å²) in [6, 6.07) is 0. The Hall–Kier alpha value is -1.69. The highest BCUT2D eigenvalue weighted by Crippen LogP contribution is 2.11. The summed E-state index contributed by atoms with van der Waals surface area (Å²) in [5, 5.41) is 3.05. The first kappa shape index (κ1) is 12.8. The molecule has 0 aromatic carbocycles. The van der Waals surface area contributed by atoms with Gasteiger partial charge in [0.2, 0.25) is 0 Å². The first-order chi connectivity index (χ1) is 8.48. The molecule has 96 valence electrons. The minimum Gasteiger partial charge on any atom is -0.361 e. The van der Waals surface area contributed by atoms with Gasteiger partial charge in [-0.2, -0.15) is 0 Å². The summed E-state index contributed by atoms with van der Waals surface area (Å²) < 4.78 is 1.68. The Balaban J connectivity index is 2.22. The smallest absolute Gasteiger partial charge is 0.293 e. The van der Waals surface area contributed by atoms with Gasteiger partial charge in [0.05, 0.1) is 12.1 Å². The van der Waals surface area contributed by atoms with Crippen molar-refractivity contribution in [2.45, 2.75) is 32.9 Å². The van der Waals surface area contributed by atoms with Crippen molar-refractivity contribution >= 4 is 17.2 Å². The molecule has 1 N–H and O–H groups in total. The Labute approximate surface area is 110 Å². The standard InChI is InChI=1S/C12H16N4OS/c1-12(2,3)16-5-4-14-10(11(16)17)15-7-9-6-13-8-18-9/h4-6,8H,7H2,1-3H3,(H,14,15). The van der Waals surface area contributed by atoms with Crippen molar-refractivity contribution in [3.05, 3.63) is 39.3 Å². The minimum atomic E-state index is -0.249. The highest BCUT2D eigenvalue weighted by atomic mass is 32.1. The van der Waals surface area contributed by atoms with Crippen LogP contribution in [0.5, 0.6) is 0 Å². The Morgan fingerprint density at radius 2 is 2.22 bits per heavy atom. The molecule has 0 atom stereocenters. The first-order valence-corrected chi connectivity index (χ1v) is 6.56. The van der Waals surface area contributed by atoms with Gasteiger partial charge in [-0.3, -0.25) is 9.78 Å². The summed E-state index contributed by atoms with van der Waals surface area (Å²) in [5.74, 6) is 0.376. The fraction of sp³-hybridized carbons (Fsp3) is 0.417. The molecule has 0 aliphatic rings. The van der Waals surface area contributed by atoms with Crippen LogP contribution in [-0.4, -0.2) is 14.5 Å². The molecule has 2 aromatic rings. The summed E-state index contributed by atoms with van der Waals surface area (Å²) in [4.78, 5) is 21.4. The molecule has 0 aliphatic carbocycles. The van der Waals surface area contributed by atoms with E-state index in [2.05, 4.69) is 15.3 Å². The fourth-order valence-electron chi connectivity index (χ4n) is 1.56. The van der Waals surface area contributed by atoms with Crippen molar-refractivity contribution in [1.82, 2.24) is 14.5 Å². The van der Waals surface area contributed by atoms with Crippen molar-refractivity contribution in [1.29, 1.82) is 0 Å². The monoisotopic (exact) mass is 264 g/mol. The molecule has 2 aromatic heterocycles. The van der Waals surface area contributed by atoms with Gasteiger partial charge in [-0.1, -0.05) is 0 Å². The van der Waals surface area contributed by atoms with Gasteiger partial charge in [0.15, 0.2) is 5.82 Å². The van der Waals surface area contributed by atoms with E-state index in [1.165, 1.54) is 0 Å². The zero-order valence-corrected chi connectivity index (χ0v) is 11.5. The lowest BCUT2D eigenvalue weighted by molar-refractivity contribution is 0.383. The molecule has 0 radical (unpaired) electrons. The predicted molar refractivity (Wildman–Crippen MR) is 72.9 cm³/mol. The normalized spacial score (nSPS) is 11.5. The number of nitrogens with one attached hydrogen (secondary N) is 1. The number of aromatic nitrogens is 3. The number of rotatable bonds is 3. The molecule has 0 spiro atoms. The van der Waals surface area contributed by atoms with E-state index in [1.807, 2.05) is 20.8 Å². The van der Waals surface area contributed by atoms with Crippen LogP contribution in [0.15, 0.2) is 28.9 Å². The molecule has 0 saturated heterocycles.